The van der Waals surface area contributed by atoms with Crippen molar-refractivity contribution in [1.82, 2.24) is 0 Å². The Morgan fingerprint density at radius 3 is 2.53 bits per heavy atom. The second-order valence-corrected chi connectivity index (χ2v) is 4.66. The first-order valence-corrected chi connectivity index (χ1v) is 5.94. The Kier molecular flexibility index (Phi) is 3.09. The van der Waals surface area contributed by atoms with E-state index in [0.717, 1.165) is 6.42 Å². The number of para-hydroxylation sites is 2. The molecule has 1 fully saturated rings. The minimum atomic E-state index is -0.332. The highest BCUT2D eigenvalue weighted by Crippen LogP contribution is 2.43. The number of carbonyl (C=O) groups excluding carboxylic acids is 1. The highest BCUT2D eigenvalue weighted by Gasteiger charge is 2.51. The molecular weight excluding hydrogens is 216 g/mol. The minimum Gasteiger partial charge on any atom is -0.493 e. The number of hydrogen-bond donors (Lipinski definition) is 0. The molecule has 92 valence electrons. The molecule has 0 radical (unpaired) electrons. The van der Waals surface area contributed by atoms with Crippen molar-refractivity contribution in [2.24, 2.45) is 5.41 Å². The van der Waals surface area contributed by atoms with Gasteiger partial charge in [0.1, 0.15) is 11.9 Å². The fraction of sp³-hybridized carbons (Fsp3) is 0.500. The molecule has 0 spiro atoms. The summed E-state index contributed by atoms with van der Waals surface area (Å²) >= 11 is 0. The van der Waals surface area contributed by atoms with Gasteiger partial charge in [0.25, 0.3) is 0 Å². The van der Waals surface area contributed by atoms with Crippen molar-refractivity contribution in [3.05, 3.63) is 24.3 Å². The smallest absolute Gasteiger partial charge is 0.161 e. The van der Waals surface area contributed by atoms with E-state index in [1.807, 2.05) is 38.1 Å². The molecule has 0 heterocycles. The maximum atomic E-state index is 11.6. The van der Waals surface area contributed by atoms with Crippen LogP contribution >= 0.6 is 0 Å². The molecule has 0 aromatic heterocycles. The summed E-state index contributed by atoms with van der Waals surface area (Å²) < 4.78 is 11.1. The zero-order chi connectivity index (χ0) is 12.5. The van der Waals surface area contributed by atoms with Gasteiger partial charge in [0.15, 0.2) is 11.5 Å². The van der Waals surface area contributed by atoms with E-state index >= 15 is 0 Å². The lowest BCUT2D eigenvalue weighted by molar-refractivity contribution is -0.150. The third-order valence-corrected chi connectivity index (χ3v) is 3.79. The van der Waals surface area contributed by atoms with Gasteiger partial charge in [-0.1, -0.05) is 19.1 Å². The van der Waals surface area contributed by atoms with Crippen LogP contribution in [-0.2, 0) is 4.79 Å². The lowest BCUT2D eigenvalue weighted by Crippen LogP contribution is -2.54. The predicted molar refractivity (Wildman–Crippen MR) is 65.4 cm³/mol. The van der Waals surface area contributed by atoms with E-state index in [-0.39, 0.29) is 11.5 Å². The molecule has 3 heteroatoms. The summed E-state index contributed by atoms with van der Waals surface area (Å²) in [5, 5.41) is 0. The van der Waals surface area contributed by atoms with Gasteiger partial charge in [0, 0.05) is 6.42 Å². The molecule has 0 saturated heterocycles. The van der Waals surface area contributed by atoms with E-state index in [2.05, 4.69) is 0 Å². The standard InChI is InChI=1S/C14H18O3/c1-4-14(2)12(15)9-13(14)17-11-8-6-5-7-10(11)16-3/h5-8,13H,4,9H2,1-3H3. The molecule has 1 aliphatic rings. The van der Waals surface area contributed by atoms with Crippen LogP contribution in [0.1, 0.15) is 26.7 Å². The van der Waals surface area contributed by atoms with Crippen molar-refractivity contribution in [1.29, 1.82) is 0 Å². The van der Waals surface area contributed by atoms with Crippen LogP contribution in [-0.4, -0.2) is 19.0 Å². The van der Waals surface area contributed by atoms with Gasteiger partial charge in [0.2, 0.25) is 0 Å². The lowest BCUT2D eigenvalue weighted by atomic mass is 9.64. The first-order valence-electron chi connectivity index (χ1n) is 5.94. The molecule has 0 aliphatic heterocycles. The molecule has 0 N–H and O–H groups in total. The van der Waals surface area contributed by atoms with E-state index in [1.54, 1.807) is 7.11 Å². The van der Waals surface area contributed by atoms with Crippen LogP contribution < -0.4 is 9.47 Å². The molecule has 1 aromatic rings. The lowest BCUT2D eigenvalue weighted by Gasteiger charge is -2.44. The first kappa shape index (κ1) is 12.0. The Bertz CT molecular complexity index is 427. The third kappa shape index (κ3) is 1.90. The van der Waals surface area contributed by atoms with Gasteiger partial charge in [-0.05, 0) is 25.5 Å². The summed E-state index contributed by atoms with van der Waals surface area (Å²) in [4.78, 5) is 11.6. The number of methoxy groups -OCH3 is 1. The molecule has 3 nitrogen and oxygen atoms in total. The van der Waals surface area contributed by atoms with Crippen molar-refractivity contribution < 1.29 is 14.3 Å². The highest BCUT2D eigenvalue weighted by atomic mass is 16.5. The Labute approximate surface area is 102 Å². The fourth-order valence-corrected chi connectivity index (χ4v) is 2.14. The van der Waals surface area contributed by atoms with E-state index in [4.69, 9.17) is 9.47 Å². The molecule has 2 rings (SSSR count). The van der Waals surface area contributed by atoms with Crippen LogP contribution in [0.15, 0.2) is 24.3 Å². The van der Waals surface area contributed by atoms with Crippen LogP contribution in [0.5, 0.6) is 11.5 Å². The summed E-state index contributed by atoms with van der Waals surface area (Å²) in [7, 11) is 1.62. The van der Waals surface area contributed by atoms with Gasteiger partial charge < -0.3 is 9.47 Å². The molecule has 17 heavy (non-hydrogen) atoms. The molecule has 1 aromatic carbocycles. The molecule has 1 aliphatic carbocycles. The number of benzene rings is 1. The highest BCUT2D eigenvalue weighted by molar-refractivity contribution is 5.92. The molecule has 0 amide bonds. The number of rotatable bonds is 4. The Morgan fingerprint density at radius 1 is 1.35 bits per heavy atom. The van der Waals surface area contributed by atoms with Crippen LogP contribution in [0, 0.1) is 5.41 Å². The molecule has 1 saturated carbocycles. The van der Waals surface area contributed by atoms with Crippen LogP contribution in [0.25, 0.3) is 0 Å². The number of hydrogen-bond acceptors (Lipinski definition) is 3. The normalized spacial score (nSPS) is 27.5. The Hall–Kier alpha value is -1.51. The molecule has 2 atom stereocenters. The van der Waals surface area contributed by atoms with Crippen molar-refractivity contribution >= 4 is 5.78 Å². The summed E-state index contributed by atoms with van der Waals surface area (Å²) in [6.45, 7) is 3.99. The second kappa shape index (κ2) is 4.40. The SMILES string of the molecule is CCC1(C)C(=O)CC1Oc1ccccc1OC. The maximum Gasteiger partial charge on any atom is 0.161 e. The molecular formula is C14H18O3. The van der Waals surface area contributed by atoms with Crippen LogP contribution in [0.2, 0.25) is 0 Å². The quantitative estimate of drug-likeness (QED) is 0.803. The van der Waals surface area contributed by atoms with Gasteiger partial charge in [0.05, 0.1) is 12.5 Å². The molecule has 0 bridgehead atoms. The monoisotopic (exact) mass is 234 g/mol. The molecule has 2 unspecified atom stereocenters. The van der Waals surface area contributed by atoms with Gasteiger partial charge >= 0.3 is 0 Å². The third-order valence-electron chi connectivity index (χ3n) is 3.79. The fourth-order valence-electron chi connectivity index (χ4n) is 2.14. The largest absolute Gasteiger partial charge is 0.493 e. The maximum absolute atomic E-state index is 11.6. The van der Waals surface area contributed by atoms with Crippen molar-refractivity contribution in [3.63, 3.8) is 0 Å². The van der Waals surface area contributed by atoms with Gasteiger partial charge in [-0.2, -0.15) is 0 Å². The van der Waals surface area contributed by atoms with Crippen molar-refractivity contribution in [2.75, 3.05) is 7.11 Å². The average Bonchev–Trinajstić information content (AvgIpc) is 2.37. The second-order valence-electron chi connectivity index (χ2n) is 4.66. The Morgan fingerprint density at radius 2 is 2.00 bits per heavy atom. The van der Waals surface area contributed by atoms with E-state index in [0.29, 0.717) is 23.7 Å². The summed E-state index contributed by atoms with van der Waals surface area (Å²) in [5.74, 6) is 1.72. The van der Waals surface area contributed by atoms with E-state index in [1.165, 1.54) is 0 Å². The predicted octanol–water partition coefficient (Wildman–Crippen LogP) is 2.83. The number of carbonyl (C=O) groups is 1. The zero-order valence-electron chi connectivity index (χ0n) is 10.5. The zero-order valence-corrected chi connectivity index (χ0v) is 10.5. The minimum absolute atomic E-state index is 0.0312. The average molecular weight is 234 g/mol. The Balaban J connectivity index is 2.15. The van der Waals surface area contributed by atoms with Crippen LogP contribution in [0.3, 0.4) is 0 Å². The number of ether oxygens (including phenoxy) is 2. The first-order chi connectivity index (χ1) is 8.11. The van der Waals surface area contributed by atoms with Crippen LogP contribution in [0.4, 0.5) is 0 Å². The topological polar surface area (TPSA) is 35.5 Å². The van der Waals surface area contributed by atoms with Gasteiger partial charge in [-0.15, -0.1) is 0 Å². The summed E-state index contributed by atoms with van der Waals surface area (Å²) in [6.07, 6.45) is 1.28. The van der Waals surface area contributed by atoms with E-state index < -0.39 is 0 Å². The number of ketones is 1. The van der Waals surface area contributed by atoms with Gasteiger partial charge in [-0.25, -0.2) is 0 Å². The van der Waals surface area contributed by atoms with Gasteiger partial charge in [-0.3, -0.25) is 4.79 Å². The van der Waals surface area contributed by atoms with Crippen molar-refractivity contribution in [3.8, 4) is 11.5 Å². The van der Waals surface area contributed by atoms with E-state index in [9.17, 15) is 4.79 Å². The summed E-state index contributed by atoms with van der Waals surface area (Å²) in [6, 6.07) is 7.54. The number of Topliss-reactive ketones (excluding diaryl/α,β-unsaturated/α-hetero) is 1. The summed E-state index contributed by atoms with van der Waals surface area (Å²) in [5.41, 5.74) is -0.332. The van der Waals surface area contributed by atoms with Crippen molar-refractivity contribution in [2.45, 2.75) is 32.8 Å².